The number of sulfonamides is 1. The van der Waals surface area contributed by atoms with Crippen molar-refractivity contribution in [1.29, 1.82) is 0 Å². The Labute approximate surface area is 210 Å². The lowest BCUT2D eigenvalue weighted by Gasteiger charge is -2.26. The molecule has 0 bridgehead atoms. The van der Waals surface area contributed by atoms with Crippen LogP contribution in [-0.2, 0) is 24.3 Å². The van der Waals surface area contributed by atoms with Crippen molar-refractivity contribution in [2.24, 2.45) is 0 Å². The molecule has 0 radical (unpaired) electrons. The van der Waals surface area contributed by atoms with Gasteiger partial charge < -0.3 is 14.7 Å². The van der Waals surface area contributed by atoms with E-state index in [0.29, 0.717) is 31.7 Å². The lowest BCUT2D eigenvalue weighted by Crippen LogP contribution is -2.35. The van der Waals surface area contributed by atoms with Crippen LogP contribution in [0.1, 0.15) is 42.9 Å². The zero-order chi connectivity index (χ0) is 25.9. The van der Waals surface area contributed by atoms with Gasteiger partial charge in [-0.3, -0.25) is 9.59 Å². The van der Waals surface area contributed by atoms with E-state index in [2.05, 4.69) is 0 Å². The van der Waals surface area contributed by atoms with Crippen LogP contribution in [-0.4, -0.2) is 67.8 Å². The third-order valence-corrected chi connectivity index (χ3v) is 8.47. The van der Waals surface area contributed by atoms with Crippen molar-refractivity contribution in [3.63, 3.8) is 0 Å². The smallest absolute Gasteiger partial charge is 0.295 e. The van der Waals surface area contributed by atoms with Crippen molar-refractivity contribution in [2.45, 2.75) is 36.6 Å². The lowest BCUT2D eigenvalue weighted by atomic mass is 9.95. The molecule has 2 heterocycles. The molecule has 2 aromatic carbocycles. The standard InChI is InChI=1S/C26H29FN2O6S/c1-35-17-5-16-29-23(18-6-10-20(27)11-7-18)22(25(31)26(29)32)24(30)19-8-12-21(13-9-19)36(33,34)28-14-3-2-4-15-28/h6-13,23,30H,2-5,14-17H2,1H3/b24-22+. The second-order valence-electron chi connectivity index (χ2n) is 8.88. The van der Waals surface area contributed by atoms with Crippen LogP contribution < -0.4 is 0 Å². The van der Waals surface area contributed by atoms with Gasteiger partial charge in [-0.15, -0.1) is 0 Å². The molecule has 4 rings (SSSR count). The monoisotopic (exact) mass is 516 g/mol. The zero-order valence-electron chi connectivity index (χ0n) is 20.0. The Hall–Kier alpha value is -3.08. The maximum atomic E-state index is 13.6. The van der Waals surface area contributed by atoms with Gasteiger partial charge in [0.15, 0.2) is 0 Å². The molecule has 2 fully saturated rings. The van der Waals surface area contributed by atoms with Gasteiger partial charge in [0.25, 0.3) is 11.7 Å². The van der Waals surface area contributed by atoms with Crippen molar-refractivity contribution in [3.05, 3.63) is 71.0 Å². The van der Waals surface area contributed by atoms with Gasteiger partial charge >= 0.3 is 0 Å². The van der Waals surface area contributed by atoms with Gasteiger partial charge in [-0.1, -0.05) is 18.6 Å². The quantitative estimate of drug-likeness (QED) is 0.249. The fourth-order valence-corrected chi connectivity index (χ4v) is 6.19. The number of amides is 1. The van der Waals surface area contributed by atoms with E-state index >= 15 is 0 Å². The first-order valence-corrected chi connectivity index (χ1v) is 13.3. The van der Waals surface area contributed by atoms with Crippen LogP contribution in [0.5, 0.6) is 0 Å². The molecule has 2 aromatic rings. The number of carbonyl (C=O) groups excluding carboxylic acids is 2. The molecule has 2 aliphatic rings. The fraction of sp³-hybridized carbons (Fsp3) is 0.385. The molecular weight excluding hydrogens is 487 g/mol. The minimum atomic E-state index is -3.66. The lowest BCUT2D eigenvalue weighted by molar-refractivity contribution is -0.140. The molecule has 0 aromatic heterocycles. The summed E-state index contributed by atoms with van der Waals surface area (Å²) >= 11 is 0. The summed E-state index contributed by atoms with van der Waals surface area (Å²) in [4.78, 5) is 27.4. The number of aliphatic hydroxyl groups is 1. The number of Topliss-reactive ketones (excluding diaryl/α,β-unsaturated/α-hetero) is 1. The molecule has 0 saturated carbocycles. The SMILES string of the molecule is COCCCN1C(=O)C(=O)/C(=C(/O)c2ccc(S(=O)(=O)N3CCCCC3)cc2)C1c1ccc(F)cc1. The molecule has 1 amide bonds. The van der Waals surface area contributed by atoms with Crippen LogP contribution in [0.2, 0.25) is 0 Å². The van der Waals surface area contributed by atoms with Gasteiger partial charge in [-0.2, -0.15) is 4.31 Å². The first kappa shape index (κ1) is 26.0. The number of hydrogen-bond donors (Lipinski definition) is 1. The Morgan fingerprint density at radius 3 is 2.28 bits per heavy atom. The average molecular weight is 517 g/mol. The number of rotatable bonds is 8. The third-order valence-electron chi connectivity index (χ3n) is 6.55. The van der Waals surface area contributed by atoms with Gasteiger partial charge in [0, 0.05) is 38.9 Å². The Kier molecular flexibility index (Phi) is 7.87. The molecule has 192 valence electrons. The number of benzene rings is 2. The summed E-state index contributed by atoms with van der Waals surface area (Å²) in [6.07, 6.45) is 3.08. The second-order valence-corrected chi connectivity index (χ2v) is 10.8. The topological polar surface area (TPSA) is 104 Å². The highest BCUT2D eigenvalue weighted by Crippen LogP contribution is 2.39. The Morgan fingerprint density at radius 1 is 1.03 bits per heavy atom. The molecule has 2 saturated heterocycles. The second kappa shape index (κ2) is 10.9. The highest BCUT2D eigenvalue weighted by atomic mass is 32.2. The van der Waals surface area contributed by atoms with Crippen molar-refractivity contribution in [1.82, 2.24) is 9.21 Å². The summed E-state index contributed by atoms with van der Waals surface area (Å²) in [5, 5.41) is 11.1. The number of halogens is 1. The van der Waals surface area contributed by atoms with Crippen LogP contribution in [0, 0.1) is 5.82 Å². The van der Waals surface area contributed by atoms with Crippen LogP contribution in [0.4, 0.5) is 4.39 Å². The van der Waals surface area contributed by atoms with Gasteiger partial charge in [0.05, 0.1) is 16.5 Å². The number of methoxy groups -OCH3 is 1. The van der Waals surface area contributed by atoms with E-state index in [1.54, 1.807) is 0 Å². The summed E-state index contributed by atoms with van der Waals surface area (Å²) in [7, 11) is -2.14. The van der Waals surface area contributed by atoms with E-state index in [9.17, 15) is 27.5 Å². The maximum absolute atomic E-state index is 13.6. The van der Waals surface area contributed by atoms with Crippen molar-refractivity contribution >= 4 is 27.5 Å². The van der Waals surface area contributed by atoms with Gasteiger partial charge in [-0.25, -0.2) is 12.8 Å². The van der Waals surface area contributed by atoms with E-state index in [0.717, 1.165) is 19.3 Å². The van der Waals surface area contributed by atoms with Gasteiger partial charge in [-0.05, 0) is 61.2 Å². The van der Waals surface area contributed by atoms with E-state index in [1.807, 2.05) is 0 Å². The molecule has 1 N–H and O–H groups in total. The third kappa shape index (κ3) is 5.07. The number of carbonyl (C=O) groups is 2. The number of piperidine rings is 1. The first-order chi connectivity index (χ1) is 17.3. The highest BCUT2D eigenvalue weighted by Gasteiger charge is 2.45. The minimum absolute atomic E-state index is 0.0936. The van der Waals surface area contributed by atoms with Crippen LogP contribution in [0.25, 0.3) is 5.76 Å². The molecule has 2 aliphatic heterocycles. The molecule has 36 heavy (non-hydrogen) atoms. The normalized spacial score (nSPS) is 20.7. The number of hydrogen-bond acceptors (Lipinski definition) is 6. The highest BCUT2D eigenvalue weighted by molar-refractivity contribution is 7.89. The summed E-state index contributed by atoms with van der Waals surface area (Å²) in [5.74, 6) is -2.52. The number of likely N-dealkylation sites (tertiary alicyclic amines) is 1. The van der Waals surface area contributed by atoms with E-state index in [-0.39, 0.29) is 22.6 Å². The first-order valence-electron chi connectivity index (χ1n) is 11.9. The number of nitrogens with zero attached hydrogens (tertiary/aromatic N) is 2. The Morgan fingerprint density at radius 2 is 1.67 bits per heavy atom. The van der Waals surface area contributed by atoms with E-state index in [1.165, 1.54) is 64.8 Å². The Balaban J connectivity index is 1.71. The number of ether oxygens (including phenoxy) is 1. The molecule has 1 unspecified atom stereocenters. The molecule has 8 nitrogen and oxygen atoms in total. The number of ketones is 1. The summed E-state index contributed by atoms with van der Waals surface area (Å²) in [6.45, 7) is 1.50. The zero-order valence-corrected chi connectivity index (χ0v) is 20.8. The van der Waals surface area contributed by atoms with E-state index < -0.39 is 39.3 Å². The summed E-state index contributed by atoms with van der Waals surface area (Å²) in [5.41, 5.74) is 0.545. The molecule has 0 spiro atoms. The van der Waals surface area contributed by atoms with Crippen molar-refractivity contribution < 1.29 is 32.2 Å². The summed E-state index contributed by atoms with van der Waals surface area (Å²) < 4.78 is 46.0. The van der Waals surface area contributed by atoms with Gasteiger partial charge in [0.1, 0.15) is 11.6 Å². The Bertz CT molecular complexity index is 1250. The van der Waals surface area contributed by atoms with Crippen LogP contribution in [0.3, 0.4) is 0 Å². The molecule has 10 heteroatoms. The number of aliphatic hydroxyl groups excluding tert-OH is 1. The average Bonchev–Trinajstić information content (AvgIpc) is 3.14. The molecule has 1 atom stereocenters. The predicted molar refractivity (Wildman–Crippen MR) is 131 cm³/mol. The minimum Gasteiger partial charge on any atom is -0.507 e. The molecule has 0 aliphatic carbocycles. The summed E-state index contributed by atoms with van der Waals surface area (Å²) in [6, 6.07) is 10.1. The van der Waals surface area contributed by atoms with E-state index in [4.69, 9.17) is 4.74 Å². The predicted octanol–water partition coefficient (Wildman–Crippen LogP) is 3.46. The van der Waals surface area contributed by atoms with Crippen molar-refractivity contribution in [2.75, 3.05) is 33.4 Å². The molecular formula is C26H29FN2O6S. The fourth-order valence-electron chi connectivity index (χ4n) is 4.68. The largest absolute Gasteiger partial charge is 0.507 e. The van der Waals surface area contributed by atoms with Crippen LogP contribution >= 0.6 is 0 Å². The van der Waals surface area contributed by atoms with Crippen molar-refractivity contribution in [3.8, 4) is 0 Å². The maximum Gasteiger partial charge on any atom is 0.295 e. The van der Waals surface area contributed by atoms with Gasteiger partial charge in [0.2, 0.25) is 10.0 Å². The van der Waals surface area contributed by atoms with Crippen LogP contribution in [0.15, 0.2) is 59.0 Å².